The number of aromatic nitrogens is 2. The van der Waals surface area contributed by atoms with Crippen LogP contribution in [0.25, 0.3) is 11.0 Å². The molecule has 16 heteroatoms. The van der Waals surface area contributed by atoms with Crippen LogP contribution in [0.3, 0.4) is 0 Å². The number of oxime groups is 1. The third-order valence-corrected chi connectivity index (χ3v) is 12.1. The quantitative estimate of drug-likeness (QED) is 0.230. The summed E-state index contributed by atoms with van der Waals surface area (Å²) in [5, 5.41) is 28.6. The van der Waals surface area contributed by atoms with Gasteiger partial charge in [0.2, 0.25) is 5.91 Å². The van der Waals surface area contributed by atoms with E-state index in [0.717, 1.165) is 11.1 Å². The fourth-order valence-corrected chi connectivity index (χ4v) is 8.90. The van der Waals surface area contributed by atoms with Gasteiger partial charge in [-0.25, -0.2) is 4.99 Å². The Bertz CT molecular complexity index is 1870. The number of carbonyl (C=O) groups is 3. The minimum absolute atomic E-state index is 0.0719. The molecule has 4 heterocycles. The average Bonchev–Trinajstić information content (AvgIpc) is 3.20. The number of ether oxygens (including phenoxy) is 5. The number of ketones is 1. The molecule has 0 unspecified atom stereocenters. The first-order valence-electron chi connectivity index (χ1n) is 20.6. The van der Waals surface area contributed by atoms with Gasteiger partial charge in [0.15, 0.2) is 12.1 Å². The first kappa shape index (κ1) is 46.3. The Morgan fingerprint density at radius 1 is 1.03 bits per heavy atom. The Balaban J connectivity index is 1.66. The predicted octanol–water partition coefficient (Wildman–Crippen LogP) is 4.07. The van der Waals surface area contributed by atoms with Crippen LogP contribution >= 0.6 is 0 Å². The summed E-state index contributed by atoms with van der Waals surface area (Å²) in [7, 11) is 3.73. The van der Waals surface area contributed by atoms with Crippen LogP contribution in [0.5, 0.6) is 0 Å². The molecule has 1 amide bonds. The highest BCUT2D eigenvalue weighted by Gasteiger charge is 2.53. The molecule has 3 saturated heterocycles. The third-order valence-electron chi connectivity index (χ3n) is 12.1. The molecular formula is C43H63N5O11. The largest absolute Gasteiger partial charge is 0.459 e. The number of nitrogens with zero attached hydrogens (tertiary/aromatic N) is 5. The molecule has 3 aliphatic heterocycles. The van der Waals surface area contributed by atoms with Crippen molar-refractivity contribution in [3.8, 4) is 0 Å². The number of hydrogen-bond acceptors (Lipinski definition) is 15. The number of rotatable bonds is 7. The molecule has 2 aromatic rings. The molecule has 2 N–H and O–H groups in total. The SMILES string of the molecule is CC[C@H]1OC(=O)[C@H](C)C(=O)[C@H](C)[C@@H](O[C@@H]2O[C@H](C)C[C@H](N(C)C)[C@H]2O)[C@@]2(C)C[C@@H](C)/C(=N\C(C)=O)[C@H](C)[C@@H](OC/C(=N\OCc3ccc4nccnc4c3)CO2)[C@]1(C)O. The molecule has 5 rings (SSSR count). The Morgan fingerprint density at radius 2 is 1.73 bits per heavy atom. The zero-order valence-corrected chi connectivity index (χ0v) is 36.3. The van der Waals surface area contributed by atoms with Gasteiger partial charge in [-0.2, -0.15) is 0 Å². The summed E-state index contributed by atoms with van der Waals surface area (Å²) in [6, 6.07) is 5.24. The Morgan fingerprint density at radius 3 is 2.39 bits per heavy atom. The topological polar surface area (TPSA) is 201 Å². The number of aliphatic hydroxyl groups excluding tert-OH is 1. The van der Waals surface area contributed by atoms with Crippen molar-refractivity contribution in [1.29, 1.82) is 0 Å². The molecular weight excluding hydrogens is 762 g/mol. The fourth-order valence-electron chi connectivity index (χ4n) is 8.90. The lowest BCUT2D eigenvalue weighted by atomic mass is 9.73. The smallest absolute Gasteiger partial charge is 0.316 e. The number of fused-ring (bicyclic) bond motifs is 6. The highest BCUT2D eigenvalue weighted by atomic mass is 16.7. The van der Waals surface area contributed by atoms with Gasteiger partial charge in [0.1, 0.15) is 36.0 Å². The number of cyclic esters (lactones) is 1. The van der Waals surface area contributed by atoms with Crippen molar-refractivity contribution in [3.63, 3.8) is 0 Å². The van der Waals surface area contributed by atoms with E-state index in [1.807, 2.05) is 58.0 Å². The van der Waals surface area contributed by atoms with Crippen molar-refractivity contribution in [2.24, 2.45) is 33.8 Å². The summed E-state index contributed by atoms with van der Waals surface area (Å²) in [4.78, 5) is 62.2. The molecule has 16 nitrogen and oxygen atoms in total. The molecule has 1 aromatic heterocycles. The van der Waals surface area contributed by atoms with E-state index in [2.05, 4.69) is 20.1 Å². The van der Waals surface area contributed by atoms with Gasteiger partial charge in [-0.1, -0.05) is 38.9 Å². The molecule has 0 spiro atoms. The van der Waals surface area contributed by atoms with Gasteiger partial charge in [-0.15, -0.1) is 0 Å². The number of likely N-dealkylation sites (N-methyl/N-ethyl adjacent to an activating group) is 1. The van der Waals surface area contributed by atoms with Crippen LogP contribution in [0.4, 0.5) is 0 Å². The van der Waals surface area contributed by atoms with Crippen LogP contribution in [-0.2, 0) is 49.5 Å². The molecule has 0 radical (unpaired) electrons. The summed E-state index contributed by atoms with van der Waals surface area (Å²) >= 11 is 0. The van der Waals surface area contributed by atoms with Crippen molar-refractivity contribution < 1.29 is 53.1 Å². The summed E-state index contributed by atoms with van der Waals surface area (Å²) in [5.74, 6) is -5.32. The van der Waals surface area contributed by atoms with Crippen molar-refractivity contribution in [1.82, 2.24) is 14.9 Å². The minimum Gasteiger partial charge on any atom is -0.459 e. The van der Waals surface area contributed by atoms with Crippen molar-refractivity contribution in [2.45, 2.75) is 142 Å². The first-order chi connectivity index (χ1) is 27.8. The number of amides is 1. The summed E-state index contributed by atoms with van der Waals surface area (Å²) in [6.45, 7) is 14.8. The minimum atomic E-state index is -1.85. The zero-order valence-electron chi connectivity index (χ0n) is 36.3. The van der Waals surface area contributed by atoms with Gasteiger partial charge < -0.3 is 43.6 Å². The van der Waals surface area contributed by atoms with Crippen LogP contribution in [0.2, 0.25) is 0 Å². The monoisotopic (exact) mass is 825 g/mol. The summed E-state index contributed by atoms with van der Waals surface area (Å²) in [6.07, 6.45) is -1.88. The van der Waals surface area contributed by atoms with E-state index in [0.29, 0.717) is 23.4 Å². The van der Waals surface area contributed by atoms with E-state index in [-0.39, 0.29) is 44.8 Å². The third kappa shape index (κ3) is 10.6. The molecule has 3 aliphatic rings. The molecule has 13 atom stereocenters. The van der Waals surface area contributed by atoms with Crippen molar-refractivity contribution >= 4 is 40.1 Å². The fraction of sp³-hybridized carbons (Fsp3) is 0.698. The van der Waals surface area contributed by atoms with E-state index < -0.39 is 83.2 Å². The van der Waals surface area contributed by atoms with Gasteiger partial charge in [0.05, 0.1) is 48.2 Å². The maximum Gasteiger partial charge on any atom is 0.316 e. The number of aliphatic imine (C=N–C) groups is 1. The molecule has 326 valence electrons. The lowest BCUT2D eigenvalue weighted by Crippen LogP contribution is -2.60. The van der Waals surface area contributed by atoms with E-state index in [1.54, 1.807) is 33.2 Å². The maximum absolute atomic E-state index is 14.5. The van der Waals surface area contributed by atoms with Crippen molar-refractivity contribution in [2.75, 3.05) is 27.3 Å². The second-order valence-electron chi connectivity index (χ2n) is 17.2. The Kier molecular flexibility index (Phi) is 15.1. The lowest BCUT2D eigenvalue weighted by molar-refractivity contribution is -0.296. The van der Waals surface area contributed by atoms with Gasteiger partial charge in [-0.3, -0.25) is 24.4 Å². The highest BCUT2D eigenvalue weighted by Crippen LogP contribution is 2.40. The number of hydrogen-bond donors (Lipinski definition) is 2. The van der Waals surface area contributed by atoms with Crippen LogP contribution in [-0.4, -0.2) is 136 Å². The highest BCUT2D eigenvalue weighted by molar-refractivity contribution is 6.00. The summed E-state index contributed by atoms with van der Waals surface area (Å²) in [5.41, 5.74) is -0.326. The van der Waals surface area contributed by atoms with Crippen molar-refractivity contribution in [3.05, 3.63) is 36.2 Å². The van der Waals surface area contributed by atoms with Gasteiger partial charge in [-0.05, 0) is 84.7 Å². The second kappa shape index (κ2) is 19.3. The summed E-state index contributed by atoms with van der Waals surface area (Å²) < 4.78 is 32.5. The number of aliphatic hydroxyl groups is 2. The molecule has 0 aliphatic carbocycles. The zero-order chi connectivity index (χ0) is 43.4. The van der Waals surface area contributed by atoms with Gasteiger partial charge in [0.25, 0.3) is 0 Å². The van der Waals surface area contributed by atoms with E-state index in [4.69, 9.17) is 28.5 Å². The second-order valence-corrected chi connectivity index (χ2v) is 17.2. The Hall–Kier alpha value is -3.77. The first-order valence-corrected chi connectivity index (χ1v) is 20.6. The maximum atomic E-state index is 14.5. The Labute approximate surface area is 347 Å². The molecule has 1 aromatic carbocycles. The number of Topliss-reactive ketones (excluding diaryl/α,β-unsaturated/α-hetero) is 1. The number of carbonyl (C=O) groups excluding carboxylic acids is 3. The molecule has 59 heavy (non-hydrogen) atoms. The standard InChI is InChI=1S/C43H63N5O11/c1-12-34-43(9,53)39-25(4)35(46-28(7)49)23(2)19-42(8,55-22-30(21-54-39)47-56-20-29-13-14-31-32(18-29)45-16-15-44-31)38(26(5)36(50)27(6)40(52)58-34)59-41-37(51)33(48(10)11)17-24(3)57-41/h13-16,18,23-27,33-34,37-39,41,51,53H,12,17,19-22H2,1-11H3/b46-35+,47-30+/t23-,24-,25+,26+,27-,33+,34-,37-,38-,39-,41+,42-,43-/m1/s1. The van der Waals surface area contributed by atoms with Crippen LogP contribution in [0.1, 0.15) is 87.1 Å². The normalized spacial score (nSPS) is 38.1. The lowest BCUT2D eigenvalue weighted by Gasteiger charge is -2.47. The van der Waals surface area contributed by atoms with E-state index in [1.165, 1.54) is 20.8 Å². The van der Waals surface area contributed by atoms with Gasteiger partial charge >= 0.3 is 5.97 Å². The average molecular weight is 826 g/mol. The predicted molar refractivity (Wildman–Crippen MR) is 218 cm³/mol. The number of esters is 1. The van der Waals surface area contributed by atoms with Crippen LogP contribution in [0.15, 0.2) is 40.7 Å². The molecule has 0 saturated carbocycles. The van der Waals surface area contributed by atoms with Crippen LogP contribution < -0.4 is 0 Å². The molecule has 3 fully saturated rings. The van der Waals surface area contributed by atoms with Gasteiger partial charge in [0, 0.05) is 42.9 Å². The van der Waals surface area contributed by atoms with E-state index >= 15 is 0 Å². The number of benzene rings is 1. The van der Waals surface area contributed by atoms with E-state index in [9.17, 15) is 24.6 Å². The van der Waals surface area contributed by atoms with Crippen LogP contribution in [0, 0.1) is 23.7 Å². The molecule has 2 bridgehead atoms.